The van der Waals surface area contributed by atoms with Gasteiger partial charge in [-0.2, -0.15) is 5.10 Å². The van der Waals surface area contributed by atoms with Crippen molar-refractivity contribution < 1.29 is 9.53 Å². The maximum Gasteiger partial charge on any atom is 0.251 e. The number of carbonyl (C=O) groups is 1. The van der Waals surface area contributed by atoms with Crippen LogP contribution in [0.3, 0.4) is 0 Å². The van der Waals surface area contributed by atoms with Gasteiger partial charge < -0.3 is 15.4 Å². The molecule has 2 aromatic rings. The second kappa shape index (κ2) is 19.1. The zero-order chi connectivity index (χ0) is 22.7. The molecule has 1 aromatic carbocycles. The van der Waals surface area contributed by atoms with Crippen LogP contribution in [0.4, 0.5) is 5.69 Å². The minimum atomic E-state index is -0.0370. The predicted octanol–water partition coefficient (Wildman–Crippen LogP) is 5.00. The summed E-state index contributed by atoms with van der Waals surface area (Å²) in [6.07, 6.45) is 2.92. The monoisotopic (exact) mass is 422 g/mol. The van der Waals surface area contributed by atoms with Gasteiger partial charge in [-0.3, -0.25) is 9.48 Å². The Morgan fingerprint density at radius 3 is 2.24 bits per heavy atom. The van der Waals surface area contributed by atoms with Crippen molar-refractivity contribution in [3.63, 3.8) is 0 Å². The van der Waals surface area contributed by atoms with E-state index in [0.29, 0.717) is 5.56 Å². The van der Waals surface area contributed by atoms with Crippen molar-refractivity contribution in [1.82, 2.24) is 15.1 Å². The maximum absolute atomic E-state index is 11.0. The Hall–Kier alpha value is -2.25. The van der Waals surface area contributed by atoms with Gasteiger partial charge in [0.2, 0.25) is 0 Å². The van der Waals surface area contributed by atoms with Crippen molar-refractivity contribution in [2.24, 2.45) is 0 Å². The minimum absolute atomic E-state index is 0.0370. The summed E-state index contributed by atoms with van der Waals surface area (Å²) in [5, 5.41) is 9.86. The van der Waals surface area contributed by atoms with Crippen LogP contribution in [0.25, 0.3) is 0 Å². The second-order valence-electron chi connectivity index (χ2n) is 5.44. The van der Waals surface area contributed by atoms with Gasteiger partial charge in [-0.05, 0) is 32.4 Å². The summed E-state index contributed by atoms with van der Waals surface area (Å²) in [6.45, 7) is 13.6. The number of nitrogens with one attached hydrogen (secondary N) is 2. The largest absolute Gasteiger partial charge is 0.385 e. The number of rotatable bonds is 7. The van der Waals surface area contributed by atoms with Gasteiger partial charge in [0.15, 0.2) is 0 Å². The lowest BCUT2D eigenvalue weighted by atomic mass is 10.1. The fraction of sp³-hybridized carbons (Fsp3) is 0.500. The van der Waals surface area contributed by atoms with E-state index in [1.165, 1.54) is 5.49 Å². The number of nitrogens with zero attached hydrogens (tertiary/aromatic N) is 2. The quantitative estimate of drug-likeness (QED) is 0.485. The molecule has 0 saturated carbocycles. The van der Waals surface area contributed by atoms with E-state index in [2.05, 4.69) is 15.7 Å². The Kier molecular flexibility index (Phi) is 19.1. The van der Waals surface area contributed by atoms with Crippen LogP contribution in [-0.4, -0.2) is 41.9 Å². The number of methoxy groups -OCH3 is 1. The maximum atomic E-state index is 11.0. The molecule has 0 radical (unpaired) electrons. The summed E-state index contributed by atoms with van der Waals surface area (Å²) in [7, 11) is 3.33. The number of aryl methyl sites for hydroxylation is 3. The van der Waals surface area contributed by atoms with Crippen molar-refractivity contribution in [3.8, 4) is 0 Å². The van der Waals surface area contributed by atoms with E-state index in [-0.39, 0.29) is 5.91 Å². The fourth-order valence-corrected chi connectivity index (χ4v) is 2.18. The van der Waals surface area contributed by atoms with Crippen LogP contribution in [0.1, 0.15) is 55.7 Å². The summed E-state index contributed by atoms with van der Waals surface area (Å²) >= 11 is 4.72. The molecule has 2 N–H and O–H groups in total. The molecule has 0 bridgehead atoms. The summed E-state index contributed by atoms with van der Waals surface area (Å²) in [4.78, 5) is 11.0. The van der Waals surface area contributed by atoms with E-state index in [9.17, 15) is 4.79 Å². The molecule has 0 atom stereocenters. The Morgan fingerprint density at radius 1 is 1.17 bits per heavy atom. The lowest BCUT2D eigenvalue weighted by molar-refractivity contribution is 0.0963. The molecular formula is C22H38N4O2S. The van der Waals surface area contributed by atoms with Crippen molar-refractivity contribution >= 4 is 29.3 Å². The Balaban J connectivity index is 0. The number of hydrogen-bond donors (Lipinski definition) is 2. The van der Waals surface area contributed by atoms with E-state index >= 15 is 0 Å². The third kappa shape index (κ3) is 12.8. The Bertz CT molecular complexity index is 670. The highest BCUT2D eigenvalue weighted by Gasteiger charge is 2.02. The number of anilines is 1. The minimum Gasteiger partial charge on any atom is -0.385 e. The number of aromatic nitrogens is 2. The average Bonchev–Trinajstić information content (AvgIpc) is 3.11. The van der Waals surface area contributed by atoms with Crippen LogP contribution >= 0.6 is 12.2 Å². The van der Waals surface area contributed by atoms with Gasteiger partial charge >= 0.3 is 0 Å². The number of benzene rings is 1. The van der Waals surface area contributed by atoms with E-state index in [1.807, 2.05) is 76.7 Å². The molecule has 1 heterocycles. The molecule has 0 aliphatic rings. The molecule has 29 heavy (non-hydrogen) atoms. The lowest BCUT2D eigenvalue weighted by Gasteiger charge is -1.99. The van der Waals surface area contributed by atoms with Gasteiger partial charge in [0.1, 0.15) is 0 Å². The molecule has 2 rings (SSSR count). The summed E-state index contributed by atoms with van der Waals surface area (Å²) in [5.74, 6) is -0.0370. The Labute approximate surface area is 182 Å². The Morgan fingerprint density at radius 2 is 1.76 bits per heavy atom. The van der Waals surface area contributed by atoms with Crippen LogP contribution in [0, 0.1) is 13.8 Å². The lowest BCUT2D eigenvalue weighted by Crippen LogP contribution is -2.17. The highest BCUT2D eigenvalue weighted by Crippen LogP contribution is 2.11. The molecule has 1 aromatic heterocycles. The van der Waals surface area contributed by atoms with Gasteiger partial charge in [-0.1, -0.05) is 57.6 Å². The summed E-state index contributed by atoms with van der Waals surface area (Å²) in [6, 6.07) is 7.47. The number of thiocarbonyl (C=S) groups is 1. The average molecular weight is 423 g/mol. The first-order valence-electron chi connectivity index (χ1n) is 10.0. The normalized spacial score (nSPS) is 8.83. The van der Waals surface area contributed by atoms with E-state index in [0.717, 1.165) is 36.5 Å². The van der Waals surface area contributed by atoms with E-state index in [1.54, 1.807) is 14.2 Å². The van der Waals surface area contributed by atoms with Gasteiger partial charge in [0.25, 0.3) is 5.91 Å². The molecule has 0 aliphatic carbocycles. The molecule has 164 valence electrons. The molecule has 6 nitrogen and oxygen atoms in total. The van der Waals surface area contributed by atoms with E-state index in [4.69, 9.17) is 17.0 Å². The molecular weight excluding hydrogens is 384 g/mol. The fourth-order valence-electron chi connectivity index (χ4n) is 2.06. The van der Waals surface area contributed by atoms with Crippen LogP contribution in [0.2, 0.25) is 0 Å². The smallest absolute Gasteiger partial charge is 0.251 e. The van der Waals surface area contributed by atoms with Crippen LogP contribution < -0.4 is 10.6 Å². The molecule has 0 fully saturated rings. The number of carbonyl (C=O) groups excluding carboxylic acids is 1. The van der Waals surface area contributed by atoms with Crippen LogP contribution in [0.5, 0.6) is 0 Å². The summed E-state index contributed by atoms with van der Waals surface area (Å²) < 4.78 is 6.87. The summed E-state index contributed by atoms with van der Waals surface area (Å²) in [5.41, 5.74) is 5.29. The van der Waals surface area contributed by atoms with E-state index < -0.39 is 0 Å². The topological polar surface area (TPSA) is 68.2 Å². The zero-order valence-electron chi connectivity index (χ0n) is 19.2. The third-order valence-electron chi connectivity index (χ3n) is 3.44. The number of amides is 1. The van der Waals surface area contributed by atoms with Gasteiger partial charge in [-0.15, -0.1) is 0 Å². The number of hydrogen-bond acceptors (Lipinski definition) is 4. The molecule has 7 heteroatoms. The van der Waals surface area contributed by atoms with Gasteiger partial charge in [-0.25, -0.2) is 0 Å². The van der Waals surface area contributed by atoms with Crippen LogP contribution in [-0.2, 0) is 11.3 Å². The van der Waals surface area contributed by atoms with Gasteiger partial charge in [0, 0.05) is 39.1 Å². The van der Waals surface area contributed by atoms with Gasteiger partial charge in [0.05, 0.1) is 16.9 Å². The second-order valence-corrected chi connectivity index (χ2v) is 5.68. The van der Waals surface area contributed by atoms with Crippen molar-refractivity contribution in [1.29, 1.82) is 0 Å². The first-order chi connectivity index (χ1) is 14.0. The molecule has 0 saturated heterocycles. The highest BCUT2D eigenvalue weighted by molar-refractivity contribution is 7.79. The molecule has 0 aliphatic heterocycles. The third-order valence-corrected chi connectivity index (χ3v) is 3.56. The van der Waals surface area contributed by atoms with Crippen molar-refractivity contribution in [2.75, 3.05) is 26.1 Å². The standard InChI is InChI=1S/C9H15N3OS.C9H11NO.2C2H6/c1-8-9(10-7-14)6-12(11-8)4-3-5-13-2;1-7-3-5-8(6-4-7)9(11)10-2;2*1-2/h6-7H,3-5H2,1-2H3,(H,10,14);3-6H,1-2H3,(H,10,11);2*1-2H3. The SMILES string of the molecule is CC.CC.CNC(=O)c1ccc(C)cc1.COCCCn1cc(NC=S)c(C)n1. The first kappa shape index (κ1) is 29.0. The molecule has 1 amide bonds. The molecule has 0 unspecified atom stereocenters. The predicted molar refractivity (Wildman–Crippen MR) is 128 cm³/mol. The molecule has 0 spiro atoms. The first-order valence-corrected chi connectivity index (χ1v) is 10.5. The van der Waals surface area contributed by atoms with Crippen LogP contribution in [0.15, 0.2) is 30.5 Å². The van der Waals surface area contributed by atoms with Crippen molar-refractivity contribution in [3.05, 3.63) is 47.3 Å². The zero-order valence-corrected chi connectivity index (χ0v) is 20.0. The highest BCUT2D eigenvalue weighted by atomic mass is 32.1. The number of ether oxygens (including phenoxy) is 1. The van der Waals surface area contributed by atoms with Crippen molar-refractivity contribution in [2.45, 2.75) is 54.5 Å².